The second kappa shape index (κ2) is 4.42. The predicted molar refractivity (Wildman–Crippen MR) is 41.5 cm³/mol. The first-order valence-electron chi connectivity index (χ1n) is 4.10. The number of carbonyl (C=O) groups excluding carboxylic acids is 1. The van der Waals surface area contributed by atoms with Gasteiger partial charge >= 0.3 is 5.97 Å². The highest BCUT2D eigenvalue weighted by atomic mass is 16.7. The second-order valence-electron chi connectivity index (χ2n) is 2.97. The van der Waals surface area contributed by atoms with E-state index in [4.69, 9.17) is 14.2 Å². The van der Waals surface area contributed by atoms with Gasteiger partial charge in [0.15, 0.2) is 0 Å². The Hall–Kier alpha value is -0.610. The molecule has 1 aliphatic rings. The highest BCUT2D eigenvalue weighted by Gasteiger charge is 2.20. The summed E-state index contributed by atoms with van der Waals surface area (Å²) in [6, 6.07) is 0. The van der Waals surface area contributed by atoms with Crippen molar-refractivity contribution in [3.8, 4) is 0 Å². The van der Waals surface area contributed by atoms with Gasteiger partial charge < -0.3 is 14.2 Å². The molecule has 1 heterocycles. The second-order valence-corrected chi connectivity index (χ2v) is 2.97. The fourth-order valence-corrected chi connectivity index (χ4v) is 0.800. The molecule has 0 radical (unpaired) electrons. The molecule has 0 bridgehead atoms. The number of rotatable bonds is 2. The van der Waals surface area contributed by atoms with Crippen LogP contribution in [0.3, 0.4) is 0 Å². The molecular formula is C8H14O4. The van der Waals surface area contributed by atoms with Crippen LogP contribution in [0.1, 0.15) is 13.8 Å². The van der Waals surface area contributed by atoms with Crippen LogP contribution in [0.2, 0.25) is 0 Å². The van der Waals surface area contributed by atoms with Crippen LogP contribution in [0.25, 0.3) is 0 Å². The Morgan fingerprint density at radius 1 is 1.50 bits per heavy atom. The normalized spacial score (nSPS) is 24.1. The van der Waals surface area contributed by atoms with E-state index in [0.29, 0.717) is 19.8 Å². The SMILES string of the molecule is CC(C)C(=O)OC1COCCO1. The first-order chi connectivity index (χ1) is 5.70. The van der Waals surface area contributed by atoms with Gasteiger partial charge in [-0.2, -0.15) is 0 Å². The van der Waals surface area contributed by atoms with Crippen LogP contribution < -0.4 is 0 Å². The van der Waals surface area contributed by atoms with Crippen molar-refractivity contribution < 1.29 is 19.0 Å². The van der Waals surface area contributed by atoms with Gasteiger partial charge in [-0.25, -0.2) is 0 Å². The van der Waals surface area contributed by atoms with Gasteiger partial charge in [-0.1, -0.05) is 13.8 Å². The van der Waals surface area contributed by atoms with Crippen molar-refractivity contribution in [3.63, 3.8) is 0 Å². The summed E-state index contributed by atoms with van der Waals surface area (Å²) in [6.07, 6.45) is -0.506. The quantitative estimate of drug-likeness (QED) is 0.574. The van der Waals surface area contributed by atoms with Crippen molar-refractivity contribution in [1.29, 1.82) is 0 Å². The minimum absolute atomic E-state index is 0.115. The Morgan fingerprint density at radius 2 is 2.25 bits per heavy atom. The van der Waals surface area contributed by atoms with Crippen LogP contribution in [0.15, 0.2) is 0 Å². The van der Waals surface area contributed by atoms with Crippen LogP contribution in [-0.4, -0.2) is 32.1 Å². The summed E-state index contributed by atoms with van der Waals surface area (Å²) < 4.78 is 15.2. The minimum Gasteiger partial charge on any atom is -0.433 e. The highest BCUT2D eigenvalue weighted by molar-refractivity contribution is 5.71. The molecule has 70 valence electrons. The van der Waals surface area contributed by atoms with Crippen LogP contribution in [0.5, 0.6) is 0 Å². The monoisotopic (exact) mass is 174 g/mol. The molecule has 4 heteroatoms. The molecule has 0 aromatic rings. The van der Waals surface area contributed by atoms with Crippen LogP contribution >= 0.6 is 0 Å². The van der Waals surface area contributed by atoms with Gasteiger partial charge in [0, 0.05) is 0 Å². The maximum atomic E-state index is 11.1. The summed E-state index contributed by atoms with van der Waals surface area (Å²) in [7, 11) is 0. The lowest BCUT2D eigenvalue weighted by molar-refractivity contribution is -0.216. The van der Waals surface area contributed by atoms with E-state index in [2.05, 4.69) is 0 Å². The number of ether oxygens (including phenoxy) is 3. The number of hydrogen-bond donors (Lipinski definition) is 0. The lowest BCUT2D eigenvalue weighted by Gasteiger charge is -2.23. The first kappa shape index (κ1) is 9.48. The van der Waals surface area contributed by atoms with Gasteiger partial charge in [0.2, 0.25) is 6.29 Å². The molecular weight excluding hydrogens is 160 g/mol. The largest absolute Gasteiger partial charge is 0.433 e. The van der Waals surface area contributed by atoms with Gasteiger partial charge in [-0.3, -0.25) is 4.79 Å². The molecule has 1 rings (SSSR count). The molecule has 1 saturated heterocycles. The Morgan fingerprint density at radius 3 is 2.75 bits per heavy atom. The van der Waals surface area contributed by atoms with E-state index in [1.54, 1.807) is 13.8 Å². The predicted octanol–water partition coefficient (Wildman–Crippen LogP) is 0.558. The Labute approximate surface area is 71.8 Å². The fourth-order valence-electron chi connectivity index (χ4n) is 0.800. The summed E-state index contributed by atoms with van der Waals surface area (Å²) in [5.74, 6) is -0.360. The minimum atomic E-state index is -0.506. The lowest BCUT2D eigenvalue weighted by Crippen LogP contribution is -2.33. The van der Waals surface area contributed by atoms with E-state index in [-0.39, 0.29) is 11.9 Å². The summed E-state index contributed by atoms with van der Waals surface area (Å²) >= 11 is 0. The van der Waals surface area contributed by atoms with E-state index in [1.807, 2.05) is 0 Å². The molecule has 12 heavy (non-hydrogen) atoms. The Kier molecular flexibility index (Phi) is 3.49. The van der Waals surface area contributed by atoms with E-state index in [1.165, 1.54) is 0 Å². The summed E-state index contributed by atoms with van der Waals surface area (Å²) in [6.45, 7) is 4.99. The molecule has 4 nitrogen and oxygen atoms in total. The van der Waals surface area contributed by atoms with Gasteiger partial charge in [0.05, 0.1) is 19.1 Å². The van der Waals surface area contributed by atoms with Gasteiger partial charge in [-0.15, -0.1) is 0 Å². The zero-order valence-corrected chi connectivity index (χ0v) is 7.41. The fraction of sp³-hybridized carbons (Fsp3) is 0.875. The standard InChI is InChI=1S/C8H14O4/c1-6(2)8(9)12-7-5-10-3-4-11-7/h6-7H,3-5H2,1-2H3. The maximum Gasteiger partial charge on any atom is 0.310 e. The smallest absolute Gasteiger partial charge is 0.310 e. The molecule has 1 fully saturated rings. The van der Waals surface area contributed by atoms with Gasteiger partial charge in [0.1, 0.15) is 6.61 Å². The number of carbonyl (C=O) groups is 1. The topological polar surface area (TPSA) is 44.8 Å². The summed E-state index contributed by atoms with van der Waals surface area (Å²) in [4.78, 5) is 11.1. The summed E-state index contributed by atoms with van der Waals surface area (Å²) in [5, 5.41) is 0. The van der Waals surface area contributed by atoms with E-state index < -0.39 is 6.29 Å². The van der Waals surface area contributed by atoms with Crippen LogP contribution in [-0.2, 0) is 19.0 Å². The van der Waals surface area contributed by atoms with E-state index >= 15 is 0 Å². The van der Waals surface area contributed by atoms with E-state index in [0.717, 1.165) is 0 Å². The molecule has 1 atom stereocenters. The highest BCUT2D eigenvalue weighted by Crippen LogP contribution is 2.05. The molecule has 0 amide bonds. The Balaban J connectivity index is 2.24. The molecule has 0 saturated carbocycles. The molecule has 0 aromatic carbocycles. The first-order valence-corrected chi connectivity index (χ1v) is 4.10. The van der Waals surface area contributed by atoms with Crippen molar-refractivity contribution >= 4 is 5.97 Å². The van der Waals surface area contributed by atoms with Crippen molar-refractivity contribution in [3.05, 3.63) is 0 Å². The van der Waals surface area contributed by atoms with Crippen LogP contribution in [0.4, 0.5) is 0 Å². The van der Waals surface area contributed by atoms with Crippen molar-refractivity contribution in [2.75, 3.05) is 19.8 Å². The third-order valence-corrected chi connectivity index (χ3v) is 1.50. The molecule has 0 N–H and O–H groups in total. The molecule has 1 unspecified atom stereocenters. The molecule has 0 spiro atoms. The Bertz CT molecular complexity index is 149. The van der Waals surface area contributed by atoms with Gasteiger partial charge in [-0.05, 0) is 0 Å². The van der Waals surface area contributed by atoms with Gasteiger partial charge in [0.25, 0.3) is 0 Å². The summed E-state index contributed by atoms with van der Waals surface area (Å²) in [5.41, 5.74) is 0. The number of esters is 1. The maximum absolute atomic E-state index is 11.1. The average molecular weight is 174 g/mol. The average Bonchev–Trinajstić information content (AvgIpc) is 2.06. The van der Waals surface area contributed by atoms with Crippen molar-refractivity contribution in [2.24, 2.45) is 5.92 Å². The van der Waals surface area contributed by atoms with E-state index in [9.17, 15) is 4.79 Å². The third kappa shape index (κ3) is 2.79. The number of hydrogen-bond acceptors (Lipinski definition) is 4. The zero-order chi connectivity index (χ0) is 8.97. The van der Waals surface area contributed by atoms with Crippen LogP contribution in [0, 0.1) is 5.92 Å². The van der Waals surface area contributed by atoms with Crippen molar-refractivity contribution in [2.45, 2.75) is 20.1 Å². The lowest BCUT2D eigenvalue weighted by atomic mass is 10.2. The van der Waals surface area contributed by atoms with Crippen molar-refractivity contribution in [1.82, 2.24) is 0 Å². The third-order valence-electron chi connectivity index (χ3n) is 1.50. The molecule has 0 aromatic heterocycles. The molecule has 1 aliphatic heterocycles. The zero-order valence-electron chi connectivity index (χ0n) is 7.41. The molecule has 0 aliphatic carbocycles.